The van der Waals surface area contributed by atoms with E-state index in [9.17, 15) is 0 Å². The molecule has 1 unspecified atom stereocenters. The summed E-state index contributed by atoms with van der Waals surface area (Å²) >= 11 is 5.70. The standard InChI is InChI=1S/C16H16S/c1-10(2)14-9-12-8-7-11-5-3-4-6-13(11)15(12)16(14)17/h3-8,10,14H,9H2,1-2H3. The average molecular weight is 240 g/mol. The minimum atomic E-state index is 0.547. The first-order valence-corrected chi connectivity index (χ1v) is 6.64. The summed E-state index contributed by atoms with van der Waals surface area (Å²) in [6, 6.07) is 13.0. The fourth-order valence-corrected chi connectivity index (χ4v) is 3.43. The van der Waals surface area contributed by atoms with Gasteiger partial charge < -0.3 is 0 Å². The first-order valence-electron chi connectivity index (χ1n) is 6.23. The molecule has 17 heavy (non-hydrogen) atoms. The van der Waals surface area contributed by atoms with E-state index in [4.69, 9.17) is 12.2 Å². The van der Waals surface area contributed by atoms with Crippen molar-refractivity contribution in [2.24, 2.45) is 11.8 Å². The first kappa shape index (κ1) is 10.9. The second kappa shape index (κ2) is 3.92. The molecule has 86 valence electrons. The van der Waals surface area contributed by atoms with E-state index in [0.717, 1.165) is 6.42 Å². The van der Waals surface area contributed by atoms with Crippen LogP contribution in [0.15, 0.2) is 36.4 Å². The number of fused-ring (bicyclic) bond motifs is 3. The highest BCUT2D eigenvalue weighted by Gasteiger charge is 2.30. The van der Waals surface area contributed by atoms with E-state index >= 15 is 0 Å². The molecule has 0 fully saturated rings. The number of hydrogen-bond donors (Lipinski definition) is 0. The summed E-state index contributed by atoms with van der Waals surface area (Å²) in [6.45, 7) is 4.54. The second-order valence-electron chi connectivity index (χ2n) is 5.24. The predicted molar refractivity (Wildman–Crippen MR) is 77.7 cm³/mol. The highest BCUT2D eigenvalue weighted by molar-refractivity contribution is 7.81. The van der Waals surface area contributed by atoms with Crippen molar-refractivity contribution >= 4 is 27.9 Å². The summed E-state index contributed by atoms with van der Waals surface area (Å²) in [7, 11) is 0. The summed E-state index contributed by atoms with van der Waals surface area (Å²) in [5.74, 6) is 1.18. The molecule has 2 aromatic rings. The molecule has 0 aromatic heterocycles. The Bertz CT molecular complexity index is 595. The van der Waals surface area contributed by atoms with Gasteiger partial charge in [0.05, 0.1) is 0 Å². The van der Waals surface area contributed by atoms with Crippen molar-refractivity contribution in [3.63, 3.8) is 0 Å². The summed E-state index contributed by atoms with van der Waals surface area (Å²) in [5.41, 5.74) is 2.78. The molecule has 1 aliphatic rings. The Hall–Kier alpha value is -1.21. The highest BCUT2D eigenvalue weighted by atomic mass is 32.1. The van der Waals surface area contributed by atoms with Gasteiger partial charge in [-0.3, -0.25) is 0 Å². The molecule has 0 radical (unpaired) electrons. The van der Waals surface area contributed by atoms with Crippen molar-refractivity contribution in [2.75, 3.05) is 0 Å². The molecule has 0 saturated heterocycles. The Morgan fingerprint density at radius 2 is 1.88 bits per heavy atom. The summed E-state index contributed by atoms with van der Waals surface area (Å²) < 4.78 is 0. The van der Waals surface area contributed by atoms with E-state index in [-0.39, 0.29) is 0 Å². The van der Waals surface area contributed by atoms with Gasteiger partial charge in [-0.2, -0.15) is 0 Å². The van der Waals surface area contributed by atoms with Crippen LogP contribution in [0.2, 0.25) is 0 Å². The molecule has 0 heterocycles. The van der Waals surface area contributed by atoms with Gasteiger partial charge in [0.2, 0.25) is 0 Å². The van der Waals surface area contributed by atoms with Gasteiger partial charge in [0.25, 0.3) is 0 Å². The third-order valence-corrected chi connectivity index (χ3v) is 4.35. The molecule has 1 heteroatoms. The van der Waals surface area contributed by atoms with Crippen molar-refractivity contribution < 1.29 is 0 Å². The third-order valence-electron chi connectivity index (χ3n) is 3.84. The van der Waals surface area contributed by atoms with E-state index in [1.807, 2.05) is 0 Å². The molecule has 0 nitrogen and oxygen atoms in total. The Labute approximate surface area is 108 Å². The lowest BCUT2D eigenvalue weighted by molar-refractivity contribution is 0.508. The average Bonchev–Trinajstić information content (AvgIpc) is 2.67. The zero-order chi connectivity index (χ0) is 12.0. The smallest absolute Gasteiger partial charge is 0.0270 e. The van der Waals surface area contributed by atoms with Crippen molar-refractivity contribution in [1.29, 1.82) is 0 Å². The topological polar surface area (TPSA) is 0 Å². The lowest BCUT2D eigenvalue weighted by atomic mass is 9.92. The number of hydrogen-bond acceptors (Lipinski definition) is 1. The van der Waals surface area contributed by atoms with Gasteiger partial charge in [-0.15, -0.1) is 0 Å². The third kappa shape index (κ3) is 1.61. The van der Waals surface area contributed by atoms with E-state index in [1.165, 1.54) is 26.8 Å². The molecule has 1 atom stereocenters. The van der Waals surface area contributed by atoms with Crippen LogP contribution in [0.25, 0.3) is 10.8 Å². The van der Waals surface area contributed by atoms with Crippen molar-refractivity contribution in [3.05, 3.63) is 47.5 Å². The molecule has 3 rings (SSSR count). The normalized spacial score (nSPS) is 19.0. The maximum Gasteiger partial charge on any atom is 0.0270 e. The number of rotatable bonds is 1. The minimum Gasteiger partial charge on any atom is -0.0839 e. The van der Waals surface area contributed by atoms with Crippen LogP contribution in [-0.4, -0.2) is 4.86 Å². The molecule has 0 N–H and O–H groups in total. The molecule has 2 aromatic carbocycles. The molecule has 0 amide bonds. The van der Waals surface area contributed by atoms with Gasteiger partial charge in [0.15, 0.2) is 0 Å². The maximum absolute atomic E-state index is 5.70. The fourth-order valence-electron chi connectivity index (χ4n) is 2.83. The van der Waals surface area contributed by atoms with Gasteiger partial charge in [0, 0.05) is 10.8 Å². The van der Waals surface area contributed by atoms with Crippen LogP contribution >= 0.6 is 12.2 Å². The highest BCUT2D eigenvalue weighted by Crippen LogP contribution is 2.36. The van der Waals surface area contributed by atoms with Gasteiger partial charge in [-0.05, 0) is 34.2 Å². The Kier molecular flexibility index (Phi) is 2.52. The van der Waals surface area contributed by atoms with Crippen LogP contribution in [0.1, 0.15) is 25.0 Å². The maximum atomic E-state index is 5.70. The molecular weight excluding hydrogens is 224 g/mol. The summed E-state index contributed by atoms with van der Waals surface area (Å²) in [5, 5.41) is 2.64. The van der Waals surface area contributed by atoms with Crippen molar-refractivity contribution in [3.8, 4) is 0 Å². The van der Waals surface area contributed by atoms with Crippen LogP contribution in [0.3, 0.4) is 0 Å². The quantitative estimate of drug-likeness (QED) is 0.666. The lowest BCUT2D eigenvalue weighted by Crippen LogP contribution is -2.14. The predicted octanol–water partition coefficient (Wildman–Crippen LogP) is 4.39. The van der Waals surface area contributed by atoms with Gasteiger partial charge >= 0.3 is 0 Å². The second-order valence-corrected chi connectivity index (χ2v) is 5.68. The van der Waals surface area contributed by atoms with Crippen LogP contribution in [0.5, 0.6) is 0 Å². The monoisotopic (exact) mass is 240 g/mol. The van der Waals surface area contributed by atoms with Crippen LogP contribution in [-0.2, 0) is 6.42 Å². The van der Waals surface area contributed by atoms with Crippen molar-refractivity contribution in [1.82, 2.24) is 0 Å². The zero-order valence-electron chi connectivity index (χ0n) is 10.2. The Balaban J connectivity index is 2.24. The lowest BCUT2D eigenvalue weighted by Gasteiger charge is -2.13. The first-order chi connectivity index (χ1) is 8.18. The SMILES string of the molecule is CC(C)C1Cc2ccc3ccccc3c2C1=S. The largest absolute Gasteiger partial charge is 0.0839 e. The number of thiocarbonyl (C=S) groups is 1. The van der Waals surface area contributed by atoms with Gasteiger partial charge in [-0.1, -0.05) is 62.5 Å². The van der Waals surface area contributed by atoms with Crippen LogP contribution in [0, 0.1) is 11.8 Å². The Morgan fingerprint density at radius 1 is 1.12 bits per heavy atom. The summed E-state index contributed by atoms with van der Waals surface area (Å²) in [6.07, 6.45) is 1.12. The zero-order valence-corrected chi connectivity index (χ0v) is 11.1. The van der Waals surface area contributed by atoms with Crippen LogP contribution in [0.4, 0.5) is 0 Å². The van der Waals surface area contributed by atoms with E-state index in [0.29, 0.717) is 11.8 Å². The van der Waals surface area contributed by atoms with Crippen LogP contribution < -0.4 is 0 Å². The summed E-state index contributed by atoms with van der Waals surface area (Å²) in [4.78, 5) is 1.17. The van der Waals surface area contributed by atoms with E-state index in [2.05, 4.69) is 50.2 Å². The van der Waals surface area contributed by atoms with Crippen molar-refractivity contribution in [2.45, 2.75) is 20.3 Å². The fraction of sp³-hybridized carbons (Fsp3) is 0.312. The Morgan fingerprint density at radius 3 is 2.65 bits per heavy atom. The molecule has 0 saturated carbocycles. The van der Waals surface area contributed by atoms with E-state index in [1.54, 1.807) is 0 Å². The molecule has 0 spiro atoms. The van der Waals surface area contributed by atoms with Gasteiger partial charge in [-0.25, -0.2) is 0 Å². The van der Waals surface area contributed by atoms with E-state index < -0.39 is 0 Å². The molecule has 0 aliphatic heterocycles. The minimum absolute atomic E-state index is 0.547. The molecule has 1 aliphatic carbocycles. The van der Waals surface area contributed by atoms with Gasteiger partial charge in [0.1, 0.15) is 0 Å². The number of benzene rings is 2. The molecule has 0 bridgehead atoms. The molecular formula is C16H16S.